The van der Waals surface area contributed by atoms with Crippen molar-refractivity contribution in [1.29, 1.82) is 0 Å². The lowest BCUT2D eigenvalue weighted by atomic mass is 10.1. The molecule has 0 aliphatic rings. The van der Waals surface area contributed by atoms with Crippen LogP contribution in [0.3, 0.4) is 0 Å². The molecule has 1 amide bonds. The van der Waals surface area contributed by atoms with Gasteiger partial charge in [-0.15, -0.1) is 0 Å². The van der Waals surface area contributed by atoms with Crippen molar-refractivity contribution in [2.45, 2.75) is 39.8 Å². The number of hydrogen-bond donors (Lipinski definition) is 2. The summed E-state index contributed by atoms with van der Waals surface area (Å²) in [6.45, 7) is 8.74. The lowest BCUT2D eigenvalue weighted by Crippen LogP contribution is -2.44. The van der Waals surface area contributed by atoms with E-state index in [-0.39, 0.29) is 11.4 Å². The molecule has 0 unspecified atom stereocenters. The molecule has 0 aromatic carbocycles. The Hall–Kier alpha value is -0.880. The molecule has 0 aliphatic carbocycles. The lowest BCUT2D eigenvalue weighted by molar-refractivity contribution is -0.121. The molecule has 1 aromatic rings. The van der Waals surface area contributed by atoms with Crippen LogP contribution in [0.2, 0.25) is 0 Å². The van der Waals surface area contributed by atoms with Gasteiger partial charge < -0.3 is 10.6 Å². The van der Waals surface area contributed by atoms with Gasteiger partial charge >= 0.3 is 0 Å². The smallest absolute Gasteiger partial charge is 0.234 e. The van der Waals surface area contributed by atoms with Crippen LogP contribution in [0.4, 0.5) is 0 Å². The number of aromatic nitrogens is 2. The number of hydrogen-bond acceptors (Lipinski definition) is 3. The van der Waals surface area contributed by atoms with Crippen LogP contribution in [0.25, 0.3) is 0 Å². The first-order valence-corrected chi connectivity index (χ1v) is 6.69. The van der Waals surface area contributed by atoms with Gasteiger partial charge in [0, 0.05) is 19.1 Å². The topological polar surface area (TPSA) is 59.0 Å². The van der Waals surface area contributed by atoms with E-state index in [0.717, 1.165) is 15.9 Å². The van der Waals surface area contributed by atoms with E-state index in [0.29, 0.717) is 13.1 Å². The van der Waals surface area contributed by atoms with Gasteiger partial charge in [0.05, 0.1) is 22.4 Å². The fourth-order valence-corrected chi connectivity index (χ4v) is 2.11. The highest BCUT2D eigenvalue weighted by Crippen LogP contribution is 2.19. The summed E-state index contributed by atoms with van der Waals surface area (Å²) in [5.41, 5.74) is 1.80. The van der Waals surface area contributed by atoms with Gasteiger partial charge in [-0.25, -0.2) is 0 Å². The molecule has 0 radical (unpaired) electrons. The van der Waals surface area contributed by atoms with Gasteiger partial charge in [-0.3, -0.25) is 9.48 Å². The maximum Gasteiger partial charge on any atom is 0.234 e. The van der Waals surface area contributed by atoms with E-state index in [1.165, 1.54) is 0 Å². The van der Waals surface area contributed by atoms with Crippen molar-refractivity contribution in [2.75, 3.05) is 6.54 Å². The van der Waals surface area contributed by atoms with Gasteiger partial charge in [-0.05, 0) is 43.6 Å². The van der Waals surface area contributed by atoms with Gasteiger partial charge in [0.25, 0.3) is 0 Å². The first-order chi connectivity index (χ1) is 8.20. The molecule has 0 fully saturated rings. The Bertz CT molecular complexity index is 434. The Morgan fingerprint density at radius 1 is 1.44 bits per heavy atom. The van der Waals surface area contributed by atoms with E-state index >= 15 is 0 Å². The molecule has 6 heteroatoms. The molecular weight excluding hydrogens is 296 g/mol. The summed E-state index contributed by atoms with van der Waals surface area (Å²) in [5, 5.41) is 10.3. The predicted octanol–water partition coefficient (Wildman–Crippen LogP) is 1.50. The third-order valence-electron chi connectivity index (χ3n) is 2.35. The van der Waals surface area contributed by atoms with Crippen LogP contribution >= 0.6 is 15.9 Å². The van der Waals surface area contributed by atoms with Gasteiger partial charge in [-0.1, -0.05) is 0 Å². The summed E-state index contributed by atoms with van der Waals surface area (Å²) in [4.78, 5) is 11.6. The highest BCUT2D eigenvalue weighted by atomic mass is 79.9. The number of nitrogens with zero attached hydrogens (tertiary/aromatic N) is 2. The largest absolute Gasteiger partial charge is 0.350 e. The zero-order valence-electron chi connectivity index (χ0n) is 11.6. The van der Waals surface area contributed by atoms with E-state index in [9.17, 15) is 4.79 Å². The van der Waals surface area contributed by atoms with Crippen molar-refractivity contribution in [1.82, 2.24) is 20.4 Å². The summed E-state index contributed by atoms with van der Waals surface area (Å²) in [6.07, 6.45) is 0. The summed E-state index contributed by atoms with van der Waals surface area (Å²) in [6, 6.07) is 0. The average Bonchev–Trinajstić information content (AvgIpc) is 2.41. The summed E-state index contributed by atoms with van der Waals surface area (Å²) >= 11 is 3.49. The van der Waals surface area contributed by atoms with Crippen LogP contribution < -0.4 is 10.6 Å². The molecule has 0 saturated carbocycles. The van der Waals surface area contributed by atoms with Crippen molar-refractivity contribution in [3.8, 4) is 0 Å². The zero-order valence-corrected chi connectivity index (χ0v) is 13.2. The SMILES string of the molecule is Cc1nn(C)c(CNCC(=O)NC(C)(C)C)c1Br. The molecule has 0 spiro atoms. The van der Waals surface area contributed by atoms with Crippen LogP contribution in [0.5, 0.6) is 0 Å². The molecule has 0 saturated heterocycles. The van der Waals surface area contributed by atoms with Crippen molar-refractivity contribution in [2.24, 2.45) is 7.05 Å². The second kappa shape index (κ2) is 5.84. The van der Waals surface area contributed by atoms with Gasteiger partial charge in [0.1, 0.15) is 0 Å². The van der Waals surface area contributed by atoms with E-state index in [1.54, 1.807) is 0 Å². The first-order valence-electron chi connectivity index (χ1n) is 5.90. The maximum absolute atomic E-state index is 11.6. The fourth-order valence-electron chi connectivity index (χ4n) is 1.63. The predicted molar refractivity (Wildman–Crippen MR) is 75.2 cm³/mol. The summed E-state index contributed by atoms with van der Waals surface area (Å²) in [7, 11) is 1.89. The number of aryl methyl sites for hydroxylation is 2. The molecule has 18 heavy (non-hydrogen) atoms. The molecule has 0 atom stereocenters. The maximum atomic E-state index is 11.6. The molecule has 1 aromatic heterocycles. The minimum Gasteiger partial charge on any atom is -0.350 e. The van der Waals surface area contributed by atoms with Crippen molar-refractivity contribution in [3.05, 3.63) is 15.9 Å². The Morgan fingerprint density at radius 2 is 2.06 bits per heavy atom. The number of amides is 1. The van der Waals surface area contributed by atoms with Crippen molar-refractivity contribution >= 4 is 21.8 Å². The standard InChI is InChI=1S/C12H21BrN4O/c1-8-11(13)9(17(5)16-8)6-14-7-10(18)15-12(2,3)4/h14H,6-7H2,1-5H3,(H,15,18). The van der Waals surface area contributed by atoms with Gasteiger partial charge in [-0.2, -0.15) is 5.10 Å². The lowest BCUT2D eigenvalue weighted by Gasteiger charge is -2.20. The van der Waals surface area contributed by atoms with Gasteiger partial charge in [0.15, 0.2) is 0 Å². The highest BCUT2D eigenvalue weighted by molar-refractivity contribution is 9.10. The molecule has 102 valence electrons. The fraction of sp³-hybridized carbons (Fsp3) is 0.667. The van der Waals surface area contributed by atoms with Crippen LogP contribution in [0.15, 0.2) is 4.47 Å². The number of rotatable bonds is 4. The number of halogens is 1. The third-order valence-corrected chi connectivity index (χ3v) is 3.39. The van der Waals surface area contributed by atoms with Crippen molar-refractivity contribution < 1.29 is 4.79 Å². The minimum atomic E-state index is -0.192. The molecule has 1 rings (SSSR count). The highest BCUT2D eigenvalue weighted by Gasteiger charge is 2.14. The second-order valence-corrected chi connectivity index (χ2v) is 6.16. The number of nitrogens with one attached hydrogen (secondary N) is 2. The van der Waals surface area contributed by atoms with Gasteiger partial charge in [0.2, 0.25) is 5.91 Å². The Kier molecular flexibility index (Phi) is 4.92. The normalized spacial score (nSPS) is 11.7. The minimum absolute atomic E-state index is 0.00230. The van der Waals surface area contributed by atoms with E-state index in [4.69, 9.17) is 0 Å². The Morgan fingerprint density at radius 3 is 2.50 bits per heavy atom. The molecule has 1 heterocycles. The third kappa shape index (κ3) is 4.42. The first kappa shape index (κ1) is 15.2. The quantitative estimate of drug-likeness (QED) is 0.885. The van der Waals surface area contributed by atoms with Crippen LogP contribution in [0, 0.1) is 6.92 Å². The number of carbonyl (C=O) groups is 1. The Labute approximate surface area is 116 Å². The van der Waals surface area contributed by atoms with E-state index in [1.807, 2.05) is 39.4 Å². The van der Waals surface area contributed by atoms with Crippen LogP contribution in [-0.4, -0.2) is 27.8 Å². The van der Waals surface area contributed by atoms with E-state index < -0.39 is 0 Å². The summed E-state index contributed by atoms with van der Waals surface area (Å²) in [5.74, 6) is -0.00230. The average molecular weight is 317 g/mol. The van der Waals surface area contributed by atoms with E-state index in [2.05, 4.69) is 31.7 Å². The molecule has 2 N–H and O–H groups in total. The molecule has 0 aliphatic heterocycles. The Balaban J connectivity index is 2.45. The van der Waals surface area contributed by atoms with Crippen molar-refractivity contribution in [3.63, 3.8) is 0 Å². The summed E-state index contributed by atoms with van der Waals surface area (Å²) < 4.78 is 2.81. The van der Waals surface area contributed by atoms with Crippen LogP contribution in [-0.2, 0) is 18.4 Å². The molecule has 5 nitrogen and oxygen atoms in total. The monoisotopic (exact) mass is 316 g/mol. The number of carbonyl (C=O) groups excluding carboxylic acids is 1. The second-order valence-electron chi connectivity index (χ2n) is 5.37. The van der Waals surface area contributed by atoms with Crippen LogP contribution in [0.1, 0.15) is 32.2 Å². The molecule has 0 bridgehead atoms. The molecular formula is C12H21BrN4O. The zero-order chi connectivity index (χ0) is 13.9.